The number of halogens is 1. The maximum Gasteiger partial charge on any atom is 0.164 e. The Kier molecular flexibility index (Phi) is 1.69. The van der Waals surface area contributed by atoms with Gasteiger partial charge in [-0.2, -0.15) is 0 Å². The smallest absolute Gasteiger partial charge is 0.164 e. The molecule has 48 valence electrons. The van der Waals surface area contributed by atoms with Gasteiger partial charge in [0.05, 0.1) is 11.9 Å². The molecule has 0 saturated heterocycles. The van der Waals surface area contributed by atoms with Crippen molar-refractivity contribution in [3.8, 4) is 0 Å². The van der Waals surface area contributed by atoms with Gasteiger partial charge >= 0.3 is 0 Å². The molecule has 9 heavy (non-hydrogen) atoms. The van der Waals surface area contributed by atoms with Gasteiger partial charge in [0.2, 0.25) is 0 Å². The summed E-state index contributed by atoms with van der Waals surface area (Å²) < 4.78 is 12.4. The van der Waals surface area contributed by atoms with Crippen molar-refractivity contribution in [2.45, 2.75) is 6.54 Å². The van der Waals surface area contributed by atoms with E-state index in [1.807, 2.05) is 0 Å². The lowest BCUT2D eigenvalue weighted by Crippen LogP contribution is -2.02. The van der Waals surface area contributed by atoms with Gasteiger partial charge in [-0.1, -0.05) is 0 Å². The highest BCUT2D eigenvalue weighted by molar-refractivity contribution is 5.00. The summed E-state index contributed by atoms with van der Waals surface area (Å²) in [6.45, 7) is 0.119. The monoisotopic (exact) mass is 127 g/mol. The molecule has 0 unspecified atom stereocenters. The summed E-state index contributed by atoms with van der Waals surface area (Å²) in [5.41, 5.74) is 5.38. The van der Waals surface area contributed by atoms with Crippen LogP contribution >= 0.6 is 0 Å². The van der Waals surface area contributed by atoms with Gasteiger partial charge < -0.3 is 5.73 Å². The van der Waals surface area contributed by atoms with E-state index in [4.69, 9.17) is 5.73 Å². The Morgan fingerprint density at radius 2 is 2.44 bits per heavy atom. The molecular formula is C5H6FN3. The first kappa shape index (κ1) is 6.10. The van der Waals surface area contributed by atoms with Crippen LogP contribution in [0.4, 0.5) is 4.39 Å². The first-order chi connectivity index (χ1) is 4.34. The molecule has 1 heterocycles. The van der Waals surface area contributed by atoms with Crippen molar-refractivity contribution < 1.29 is 4.39 Å². The second kappa shape index (κ2) is 2.50. The highest BCUT2D eigenvalue weighted by Gasteiger charge is 1.97. The van der Waals surface area contributed by atoms with Gasteiger partial charge in [-0.15, -0.1) is 0 Å². The molecule has 0 atom stereocenters. The maximum absolute atomic E-state index is 12.4. The van der Waals surface area contributed by atoms with Gasteiger partial charge in [0.25, 0.3) is 0 Å². The number of aromatic nitrogens is 2. The fourth-order valence-corrected chi connectivity index (χ4v) is 0.488. The van der Waals surface area contributed by atoms with Crippen molar-refractivity contribution in [1.82, 2.24) is 9.97 Å². The van der Waals surface area contributed by atoms with Crippen LogP contribution in [0, 0.1) is 5.82 Å². The van der Waals surface area contributed by atoms with Crippen LogP contribution < -0.4 is 5.73 Å². The van der Waals surface area contributed by atoms with Crippen LogP contribution in [0.1, 0.15) is 5.69 Å². The summed E-state index contributed by atoms with van der Waals surface area (Å²) in [5.74, 6) is -0.444. The predicted octanol–water partition coefficient (Wildman–Crippen LogP) is 0.0744. The molecule has 1 rings (SSSR count). The standard InChI is InChI=1S/C5H6FN3/c6-4-2-8-3-9-5(4)1-7/h2-3H,1,7H2. The Morgan fingerprint density at radius 3 is 2.89 bits per heavy atom. The molecule has 0 bridgehead atoms. The molecule has 3 nitrogen and oxygen atoms in total. The van der Waals surface area contributed by atoms with Gasteiger partial charge in [-0.05, 0) is 0 Å². The Balaban J connectivity index is 3.01. The van der Waals surface area contributed by atoms with E-state index in [0.717, 1.165) is 6.20 Å². The fraction of sp³-hybridized carbons (Fsp3) is 0.200. The Labute approximate surface area is 51.7 Å². The second-order valence-electron chi connectivity index (χ2n) is 1.52. The molecule has 0 spiro atoms. The molecular weight excluding hydrogens is 121 g/mol. The van der Waals surface area contributed by atoms with E-state index in [1.54, 1.807) is 0 Å². The van der Waals surface area contributed by atoms with E-state index in [9.17, 15) is 4.39 Å². The van der Waals surface area contributed by atoms with E-state index < -0.39 is 5.82 Å². The van der Waals surface area contributed by atoms with Crippen LogP contribution in [0.15, 0.2) is 12.5 Å². The maximum atomic E-state index is 12.4. The molecule has 4 heteroatoms. The van der Waals surface area contributed by atoms with Gasteiger partial charge in [0.15, 0.2) is 5.82 Å². The molecule has 0 aliphatic carbocycles. The zero-order valence-electron chi connectivity index (χ0n) is 4.71. The van der Waals surface area contributed by atoms with E-state index in [-0.39, 0.29) is 12.2 Å². The van der Waals surface area contributed by atoms with Crippen molar-refractivity contribution >= 4 is 0 Å². The molecule has 0 saturated carbocycles. The summed E-state index contributed by atoms with van der Waals surface area (Å²) in [7, 11) is 0. The third kappa shape index (κ3) is 1.20. The number of hydrogen-bond donors (Lipinski definition) is 1. The van der Waals surface area contributed by atoms with Crippen molar-refractivity contribution in [2.24, 2.45) is 5.73 Å². The summed E-state index contributed by atoms with van der Waals surface area (Å²) in [4.78, 5) is 7.04. The Hall–Kier alpha value is -1.03. The Bertz CT molecular complexity index is 201. The summed E-state index contributed by atoms with van der Waals surface area (Å²) in [5, 5.41) is 0. The van der Waals surface area contributed by atoms with Crippen LogP contribution in [-0.2, 0) is 6.54 Å². The number of nitrogens with two attached hydrogens (primary N) is 1. The van der Waals surface area contributed by atoms with Gasteiger partial charge in [-0.25, -0.2) is 14.4 Å². The van der Waals surface area contributed by atoms with Gasteiger partial charge in [0.1, 0.15) is 6.33 Å². The molecule has 0 radical (unpaired) electrons. The van der Waals surface area contributed by atoms with Gasteiger partial charge in [0, 0.05) is 6.54 Å². The number of hydrogen-bond acceptors (Lipinski definition) is 3. The zero-order valence-corrected chi connectivity index (χ0v) is 4.71. The van der Waals surface area contributed by atoms with E-state index in [1.165, 1.54) is 6.33 Å². The SMILES string of the molecule is NCc1ncncc1F. The minimum absolute atomic E-state index is 0.119. The van der Waals surface area contributed by atoms with Crippen LogP contribution in [-0.4, -0.2) is 9.97 Å². The average Bonchev–Trinajstić information content (AvgIpc) is 1.89. The van der Waals surface area contributed by atoms with E-state index >= 15 is 0 Å². The fourth-order valence-electron chi connectivity index (χ4n) is 0.488. The first-order valence-corrected chi connectivity index (χ1v) is 2.49. The van der Waals surface area contributed by atoms with Gasteiger partial charge in [-0.3, -0.25) is 0 Å². The van der Waals surface area contributed by atoms with Crippen LogP contribution in [0.5, 0.6) is 0 Å². The first-order valence-electron chi connectivity index (χ1n) is 2.49. The van der Waals surface area contributed by atoms with Crippen molar-refractivity contribution in [3.63, 3.8) is 0 Å². The lowest BCUT2D eigenvalue weighted by Gasteiger charge is -1.92. The lowest BCUT2D eigenvalue weighted by molar-refractivity contribution is 0.591. The Morgan fingerprint density at radius 1 is 1.67 bits per heavy atom. The van der Waals surface area contributed by atoms with Crippen molar-refractivity contribution in [3.05, 3.63) is 24.0 Å². The zero-order chi connectivity index (χ0) is 6.69. The molecule has 1 aromatic rings. The predicted molar refractivity (Wildman–Crippen MR) is 29.9 cm³/mol. The number of rotatable bonds is 1. The molecule has 0 aliphatic rings. The third-order valence-corrected chi connectivity index (χ3v) is 0.937. The minimum atomic E-state index is -0.444. The molecule has 0 fully saturated rings. The summed E-state index contributed by atoms with van der Waals surface area (Å²) in [6, 6.07) is 0. The summed E-state index contributed by atoms with van der Waals surface area (Å²) in [6.07, 6.45) is 2.36. The van der Waals surface area contributed by atoms with Crippen LogP contribution in [0.25, 0.3) is 0 Å². The topological polar surface area (TPSA) is 51.8 Å². The average molecular weight is 127 g/mol. The van der Waals surface area contributed by atoms with E-state index in [2.05, 4.69) is 9.97 Å². The normalized spacial score (nSPS) is 9.56. The highest BCUT2D eigenvalue weighted by Crippen LogP contribution is 1.97. The summed E-state index contributed by atoms with van der Waals surface area (Å²) >= 11 is 0. The highest BCUT2D eigenvalue weighted by atomic mass is 19.1. The molecule has 0 amide bonds. The minimum Gasteiger partial charge on any atom is -0.325 e. The lowest BCUT2D eigenvalue weighted by atomic mass is 10.4. The van der Waals surface area contributed by atoms with Crippen molar-refractivity contribution in [1.29, 1.82) is 0 Å². The molecule has 0 aliphatic heterocycles. The molecule has 2 N–H and O–H groups in total. The number of nitrogens with zero attached hydrogens (tertiary/aromatic N) is 2. The largest absolute Gasteiger partial charge is 0.325 e. The van der Waals surface area contributed by atoms with Crippen LogP contribution in [0.3, 0.4) is 0 Å². The third-order valence-electron chi connectivity index (χ3n) is 0.937. The molecule has 0 aromatic carbocycles. The second-order valence-corrected chi connectivity index (χ2v) is 1.52. The van der Waals surface area contributed by atoms with Crippen molar-refractivity contribution in [2.75, 3.05) is 0 Å². The van der Waals surface area contributed by atoms with E-state index in [0.29, 0.717) is 0 Å². The quantitative estimate of drug-likeness (QED) is 0.581. The molecule has 1 aromatic heterocycles. The van der Waals surface area contributed by atoms with Crippen LogP contribution in [0.2, 0.25) is 0 Å².